The van der Waals surface area contributed by atoms with E-state index in [9.17, 15) is 5.11 Å². The minimum atomic E-state index is -0.635. The zero-order valence-corrected chi connectivity index (χ0v) is 16.1. The SMILES string of the molecule is CCc1ccccc1OCC(O)CNC(C)(C)COc1ccc(NN)nn1. The van der Waals surface area contributed by atoms with Gasteiger partial charge in [0.2, 0.25) is 5.88 Å². The molecule has 1 heterocycles. The van der Waals surface area contributed by atoms with E-state index in [1.807, 2.05) is 38.1 Å². The van der Waals surface area contributed by atoms with Gasteiger partial charge >= 0.3 is 0 Å². The Bertz CT molecular complexity index is 694. The van der Waals surface area contributed by atoms with Crippen LogP contribution in [0.1, 0.15) is 26.3 Å². The van der Waals surface area contributed by atoms with E-state index in [4.69, 9.17) is 15.3 Å². The van der Waals surface area contributed by atoms with Gasteiger partial charge in [0.15, 0.2) is 5.82 Å². The lowest BCUT2D eigenvalue weighted by atomic mass is 10.1. The highest BCUT2D eigenvalue weighted by molar-refractivity contribution is 5.33. The Labute approximate surface area is 160 Å². The summed E-state index contributed by atoms with van der Waals surface area (Å²) in [5.74, 6) is 6.94. The number of hydrazine groups is 1. The van der Waals surface area contributed by atoms with Crippen molar-refractivity contribution in [2.75, 3.05) is 25.2 Å². The summed E-state index contributed by atoms with van der Waals surface area (Å²) < 4.78 is 11.4. The first-order chi connectivity index (χ1) is 12.9. The Morgan fingerprint density at radius 3 is 2.59 bits per heavy atom. The first kappa shape index (κ1) is 20.9. The van der Waals surface area contributed by atoms with Crippen molar-refractivity contribution in [3.05, 3.63) is 42.0 Å². The number of nitrogens with one attached hydrogen (secondary N) is 2. The van der Waals surface area contributed by atoms with Crippen molar-refractivity contribution in [3.8, 4) is 11.6 Å². The topological polar surface area (TPSA) is 115 Å². The maximum absolute atomic E-state index is 10.2. The largest absolute Gasteiger partial charge is 0.491 e. The Morgan fingerprint density at radius 1 is 1.15 bits per heavy atom. The number of nitrogens with two attached hydrogens (primary N) is 1. The van der Waals surface area contributed by atoms with E-state index in [2.05, 4.69) is 27.9 Å². The smallest absolute Gasteiger partial charge is 0.233 e. The summed E-state index contributed by atoms with van der Waals surface area (Å²) in [7, 11) is 0. The number of aromatic nitrogens is 2. The van der Waals surface area contributed by atoms with Crippen LogP contribution in [0.2, 0.25) is 0 Å². The molecule has 0 saturated heterocycles. The summed E-state index contributed by atoms with van der Waals surface area (Å²) in [6, 6.07) is 11.2. The van der Waals surface area contributed by atoms with E-state index in [0.717, 1.165) is 17.7 Å². The van der Waals surface area contributed by atoms with E-state index in [1.165, 1.54) is 0 Å². The number of benzene rings is 1. The minimum absolute atomic E-state index is 0.222. The highest BCUT2D eigenvalue weighted by Gasteiger charge is 2.20. The molecule has 148 valence electrons. The Hall–Kier alpha value is -2.42. The monoisotopic (exact) mass is 375 g/mol. The van der Waals surface area contributed by atoms with Crippen LogP contribution in [0.4, 0.5) is 5.82 Å². The minimum Gasteiger partial charge on any atom is -0.491 e. The molecule has 1 atom stereocenters. The molecule has 2 rings (SSSR count). The molecule has 0 amide bonds. The fraction of sp³-hybridized carbons (Fsp3) is 0.474. The maximum Gasteiger partial charge on any atom is 0.233 e. The molecule has 1 unspecified atom stereocenters. The van der Waals surface area contributed by atoms with Crippen molar-refractivity contribution in [2.24, 2.45) is 5.84 Å². The highest BCUT2D eigenvalue weighted by Crippen LogP contribution is 2.18. The Kier molecular flexibility index (Phi) is 7.78. The molecule has 0 spiro atoms. The van der Waals surface area contributed by atoms with Gasteiger partial charge in [0.05, 0.1) is 0 Å². The maximum atomic E-state index is 10.2. The number of aliphatic hydroxyl groups is 1. The predicted molar refractivity (Wildman–Crippen MR) is 105 cm³/mol. The summed E-state index contributed by atoms with van der Waals surface area (Å²) in [4.78, 5) is 0. The van der Waals surface area contributed by atoms with Crippen LogP contribution in [0, 0.1) is 0 Å². The molecule has 0 saturated carbocycles. The van der Waals surface area contributed by atoms with E-state index < -0.39 is 6.10 Å². The Balaban J connectivity index is 1.74. The molecule has 0 fully saturated rings. The third kappa shape index (κ3) is 7.01. The van der Waals surface area contributed by atoms with Gasteiger partial charge in [-0.25, -0.2) is 5.84 Å². The standard InChI is InChI=1S/C19H29N5O3/c1-4-14-7-5-6-8-16(14)26-12-15(25)11-21-19(2,3)13-27-18-10-9-17(22-20)23-24-18/h5-10,15,21,25H,4,11-13,20H2,1-3H3,(H,22,23). The van der Waals surface area contributed by atoms with Crippen molar-refractivity contribution in [1.82, 2.24) is 15.5 Å². The highest BCUT2D eigenvalue weighted by atomic mass is 16.5. The van der Waals surface area contributed by atoms with Gasteiger partial charge in [-0.3, -0.25) is 0 Å². The van der Waals surface area contributed by atoms with E-state index in [0.29, 0.717) is 24.8 Å². The van der Waals surface area contributed by atoms with Crippen LogP contribution in [0.5, 0.6) is 11.6 Å². The number of aliphatic hydroxyl groups excluding tert-OH is 1. The molecule has 8 nitrogen and oxygen atoms in total. The van der Waals surface area contributed by atoms with Crippen LogP contribution in [0.15, 0.2) is 36.4 Å². The lowest BCUT2D eigenvalue weighted by Gasteiger charge is -2.27. The number of aryl methyl sites for hydroxylation is 1. The van der Waals surface area contributed by atoms with Crippen molar-refractivity contribution in [3.63, 3.8) is 0 Å². The number of nitrogen functional groups attached to an aromatic ring is 1. The molecule has 0 radical (unpaired) electrons. The molecule has 1 aromatic carbocycles. The second kappa shape index (κ2) is 10.1. The zero-order valence-electron chi connectivity index (χ0n) is 16.1. The summed E-state index contributed by atoms with van der Waals surface area (Å²) in [6.45, 7) is 7.01. The number of para-hydroxylation sites is 1. The molecule has 0 aliphatic rings. The third-order valence-corrected chi connectivity index (χ3v) is 3.97. The number of rotatable bonds is 11. The number of nitrogens with zero attached hydrogens (tertiary/aromatic N) is 2. The fourth-order valence-corrected chi connectivity index (χ4v) is 2.36. The predicted octanol–water partition coefficient (Wildman–Crippen LogP) is 1.51. The van der Waals surface area contributed by atoms with Crippen LogP contribution in [0.25, 0.3) is 0 Å². The number of anilines is 1. The molecule has 2 aromatic rings. The quantitative estimate of drug-likeness (QED) is 0.345. The van der Waals surface area contributed by atoms with Gasteiger partial charge in [-0.15, -0.1) is 10.2 Å². The number of hydrogen-bond acceptors (Lipinski definition) is 8. The van der Waals surface area contributed by atoms with Gasteiger partial charge in [-0.2, -0.15) is 0 Å². The number of β-amino-alcohol motifs (C(OH)–C–C–N with tert-alkyl or cyclic N) is 1. The molecule has 27 heavy (non-hydrogen) atoms. The van der Waals surface area contributed by atoms with Gasteiger partial charge in [-0.05, 0) is 38.0 Å². The van der Waals surface area contributed by atoms with Crippen molar-refractivity contribution in [2.45, 2.75) is 38.8 Å². The van der Waals surface area contributed by atoms with Gasteiger partial charge in [0.1, 0.15) is 25.1 Å². The molecule has 0 aliphatic carbocycles. The van der Waals surface area contributed by atoms with E-state index >= 15 is 0 Å². The van der Waals surface area contributed by atoms with Crippen LogP contribution in [-0.4, -0.2) is 46.7 Å². The van der Waals surface area contributed by atoms with Crippen LogP contribution >= 0.6 is 0 Å². The average Bonchev–Trinajstić information content (AvgIpc) is 2.70. The van der Waals surface area contributed by atoms with Gasteiger partial charge in [-0.1, -0.05) is 25.1 Å². The average molecular weight is 375 g/mol. The van der Waals surface area contributed by atoms with Crippen molar-refractivity contribution >= 4 is 5.82 Å². The lowest BCUT2D eigenvalue weighted by molar-refractivity contribution is 0.0919. The third-order valence-electron chi connectivity index (χ3n) is 3.97. The summed E-state index contributed by atoms with van der Waals surface area (Å²) in [5, 5.41) is 21.3. The normalized spacial score (nSPS) is 12.5. The molecule has 0 aliphatic heterocycles. The molecular formula is C19H29N5O3. The summed E-state index contributed by atoms with van der Waals surface area (Å²) in [6.07, 6.45) is 0.254. The van der Waals surface area contributed by atoms with Crippen LogP contribution in [0.3, 0.4) is 0 Å². The van der Waals surface area contributed by atoms with Gasteiger partial charge < -0.3 is 25.3 Å². The summed E-state index contributed by atoms with van der Waals surface area (Å²) in [5.41, 5.74) is 3.17. The second-order valence-electron chi connectivity index (χ2n) is 6.88. The van der Waals surface area contributed by atoms with Crippen LogP contribution in [-0.2, 0) is 6.42 Å². The number of hydrogen-bond donors (Lipinski definition) is 4. The molecular weight excluding hydrogens is 346 g/mol. The molecule has 5 N–H and O–H groups in total. The van der Waals surface area contributed by atoms with E-state index in [1.54, 1.807) is 12.1 Å². The van der Waals surface area contributed by atoms with Crippen molar-refractivity contribution in [1.29, 1.82) is 0 Å². The van der Waals surface area contributed by atoms with Gasteiger partial charge in [0, 0.05) is 18.2 Å². The van der Waals surface area contributed by atoms with Gasteiger partial charge in [0.25, 0.3) is 0 Å². The first-order valence-corrected chi connectivity index (χ1v) is 9.00. The van der Waals surface area contributed by atoms with Crippen molar-refractivity contribution < 1.29 is 14.6 Å². The first-order valence-electron chi connectivity index (χ1n) is 9.00. The molecule has 8 heteroatoms. The van der Waals surface area contributed by atoms with Crippen LogP contribution < -0.4 is 26.1 Å². The lowest BCUT2D eigenvalue weighted by Crippen LogP contribution is -2.48. The fourth-order valence-electron chi connectivity index (χ4n) is 2.36. The second-order valence-corrected chi connectivity index (χ2v) is 6.88. The Morgan fingerprint density at radius 2 is 1.93 bits per heavy atom. The molecule has 0 bridgehead atoms. The number of ether oxygens (including phenoxy) is 2. The zero-order chi connectivity index (χ0) is 19.7. The molecule has 1 aromatic heterocycles. The van der Waals surface area contributed by atoms with E-state index in [-0.39, 0.29) is 12.1 Å². The summed E-state index contributed by atoms with van der Waals surface area (Å²) >= 11 is 0.